The minimum atomic E-state index is -0.902. The average molecular weight is 311 g/mol. The molecule has 1 nitrogen and oxygen atoms in total. The molecule has 2 aromatic carbocycles. The van der Waals surface area contributed by atoms with E-state index in [9.17, 15) is 13.2 Å². The van der Waals surface area contributed by atoms with Crippen molar-refractivity contribution in [2.45, 2.75) is 29.7 Å². The standard InChI is InChI=1S/C16H16F3NS/c1-2-5-20-10-11-6-12(17)8-14(7-11)21-13-3-4-15(18)16(19)9-13/h3-4,6-9,20H,2,5,10H2,1H3. The van der Waals surface area contributed by atoms with Crippen LogP contribution in [0.4, 0.5) is 13.2 Å². The second-order valence-electron chi connectivity index (χ2n) is 4.65. The second kappa shape index (κ2) is 7.52. The van der Waals surface area contributed by atoms with Gasteiger partial charge in [0.2, 0.25) is 0 Å². The van der Waals surface area contributed by atoms with E-state index in [2.05, 4.69) is 12.2 Å². The van der Waals surface area contributed by atoms with E-state index < -0.39 is 11.6 Å². The highest BCUT2D eigenvalue weighted by Crippen LogP contribution is 2.30. The fourth-order valence-electron chi connectivity index (χ4n) is 1.87. The molecule has 1 N–H and O–H groups in total. The van der Waals surface area contributed by atoms with Crippen LogP contribution in [0.3, 0.4) is 0 Å². The summed E-state index contributed by atoms with van der Waals surface area (Å²) in [6.45, 7) is 3.50. The van der Waals surface area contributed by atoms with Crippen LogP contribution in [-0.4, -0.2) is 6.54 Å². The van der Waals surface area contributed by atoms with Crippen LogP contribution in [0.15, 0.2) is 46.2 Å². The molecule has 0 radical (unpaired) electrons. The van der Waals surface area contributed by atoms with Crippen LogP contribution < -0.4 is 5.32 Å². The van der Waals surface area contributed by atoms with E-state index in [0.717, 1.165) is 30.7 Å². The highest BCUT2D eigenvalue weighted by atomic mass is 32.2. The number of hydrogen-bond acceptors (Lipinski definition) is 2. The van der Waals surface area contributed by atoms with Gasteiger partial charge in [-0.25, -0.2) is 13.2 Å². The van der Waals surface area contributed by atoms with Gasteiger partial charge in [0.15, 0.2) is 11.6 Å². The first-order valence-electron chi connectivity index (χ1n) is 6.71. The summed E-state index contributed by atoms with van der Waals surface area (Å²) in [5.74, 6) is -2.12. The van der Waals surface area contributed by atoms with Crippen molar-refractivity contribution in [3.05, 3.63) is 59.4 Å². The molecule has 0 atom stereocenters. The Bertz CT molecular complexity index is 616. The van der Waals surface area contributed by atoms with Crippen molar-refractivity contribution in [3.8, 4) is 0 Å². The largest absolute Gasteiger partial charge is 0.313 e. The third-order valence-electron chi connectivity index (χ3n) is 2.81. The van der Waals surface area contributed by atoms with Crippen molar-refractivity contribution in [2.24, 2.45) is 0 Å². The Morgan fingerprint density at radius 1 is 0.952 bits per heavy atom. The zero-order valence-corrected chi connectivity index (χ0v) is 12.4. The molecule has 0 aromatic heterocycles. The Morgan fingerprint density at radius 2 is 1.76 bits per heavy atom. The molecule has 0 saturated carbocycles. The molecular weight excluding hydrogens is 295 g/mol. The van der Waals surface area contributed by atoms with Gasteiger partial charge in [0.05, 0.1) is 0 Å². The minimum Gasteiger partial charge on any atom is -0.313 e. The normalized spacial score (nSPS) is 10.9. The predicted molar refractivity (Wildman–Crippen MR) is 78.9 cm³/mol. The summed E-state index contributed by atoms with van der Waals surface area (Å²) in [5, 5.41) is 3.20. The predicted octanol–water partition coefficient (Wildman–Crippen LogP) is 4.75. The molecule has 112 valence electrons. The molecule has 0 aliphatic carbocycles. The van der Waals surface area contributed by atoms with Crippen molar-refractivity contribution in [1.82, 2.24) is 5.32 Å². The smallest absolute Gasteiger partial charge is 0.159 e. The fourth-order valence-corrected chi connectivity index (χ4v) is 2.82. The Morgan fingerprint density at radius 3 is 2.48 bits per heavy atom. The van der Waals surface area contributed by atoms with Crippen LogP contribution in [0.2, 0.25) is 0 Å². The Balaban J connectivity index is 2.13. The van der Waals surface area contributed by atoms with Gasteiger partial charge in [-0.2, -0.15) is 0 Å². The van der Waals surface area contributed by atoms with E-state index >= 15 is 0 Å². The summed E-state index contributed by atoms with van der Waals surface area (Å²) < 4.78 is 39.7. The van der Waals surface area contributed by atoms with E-state index in [4.69, 9.17) is 0 Å². The van der Waals surface area contributed by atoms with Gasteiger partial charge in [0, 0.05) is 16.3 Å². The maximum absolute atomic E-state index is 13.6. The topological polar surface area (TPSA) is 12.0 Å². The fraction of sp³-hybridized carbons (Fsp3) is 0.250. The Labute approximate surface area is 126 Å². The quantitative estimate of drug-likeness (QED) is 0.772. The van der Waals surface area contributed by atoms with Crippen LogP contribution in [0.1, 0.15) is 18.9 Å². The summed E-state index contributed by atoms with van der Waals surface area (Å²) >= 11 is 1.20. The number of benzene rings is 2. The molecule has 0 heterocycles. The van der Waals surface area contributed by atoms with Crippen molar-refractivity contribution in [2.75, 3.05) is 6.54 Å². The molecule has 0 saturated heterocycles. The van der Waals surface area contributed by atoms with Gasteiger partial charge in [-0.05, 0) is 54.9 Å². The maximum atomic E-state index is 13.6. The molecule has 0 spiro atoms. The first kappa shape index (κ1) is 15.9. The highest BCUT2D eigenvalue weighted by molar-refractivity contribution is 7.99. The lowest BCUT2D eigenvalue weighted by atomic mass is 10.2. The van der Waals surface area contributed by atoms with Gasteiger partial charge >= 0.3 is 0 Å². The Kier molecular flexibility index (Phi) is 5.70. The van der Waals surface area contributed by atoms with Gasteiger partial charge in [0.1, 0.15) is 5.82 Å². The Hall–Kier alpha value is -1.46. The van der Waals surface area contributed by atoms with Gasteiger partial charge < -0.3 is 5.32 Å². The molecule has 2 aromatic rings. The van der Waals surface area contributed by atoms with E-state index in [1.807, 2.05) is 6.07 Å². The maximum Gasteiger partial charge on any atom is 0.159 e. The molecule has 0 aliphatic heterocycles. The molecule has 21 heavy (non-hydrogen) atoms. The molecule has 5 heteroatoms. The van der Waals surface area contributed by atoms with Crippen molar-refractivity contribution in [3.63, 3.8) is 0 Å². The summed E-state index contributed by atoms with van der Waals surface area (Å²) in [7, 11) is 0. The second-order valence-corrected chi connectivity index (χ2v) is 5.80. The van der Waals surface area contributed by atoms with Crippen LogP contribution in [-0.2, 0) is 6.54 Å². The van der Waals surface area contributed by atoms with Gasteiger partial charge in [-0.3, -0.25) is 0 Å². The molecule has 0 amide bonds. The van der Waals surface area contributed by atoms with Gasteiger partial charge in [-0.15, -0.1) is 0 Å². The van der Waals surface area contributed by atoms with E-state index in [1.54, 1.807) is 0 Å². The monoisotopic (exact) mass is 311 g/mol. The molecule has 0 bridgehead atoms. The molecule has 0 fully saturated rings. The third kappa shape index (κ3) is 4.79. The van der Waals surface area contributed by atoms with Crippen LogP contribution in [0.5, 0.6) is 0 Å². The number of nitrogens with one attached hydrogen (secondary N) is 1. The van der Waals surface area contributed by atoms with Gasteiger partial charge in [0.25, 0.3) is 0 Å². The molecule has 2 rings (SSSR count). The number of hydrogen-bond donors (Lipinski definition) is 1. The molecular formula is C16H16F3NS. The first-order valence-corrected chi connectivity index (χ1v) is 7.53. The van der Waals surface area contributed by atoms with Crippen molar-refractivity contribution in [1.29, 1.82) is 0 Å². The SMILES string of the molecule is CCCNCc1cc(F)cc(Sc2ccc(F)c(F)c2)c1. The first-order chi connectivity index (χ1) is 10.1. The summed E-state index contributed by atoms with van der Waals surface area (Å²) in [6, 6.07) is 8.36. The van der Waals surface area contributed by atoms with Crippen molar-refractivity contribution < 1.29 is 13.2 Å². The van der Waals surface area contributed by atoms with E-state index in [1.165, 1.54) is 30.0 Å². The summed E-state index contributed by atoms with van der Waals surface area (Å²) in [4.78, 5) is 1.20. The van der Waals surface area contributed by atoms with E-state index in [0.29, 0.717) is 16.3 Å². The van der Waals surface area contributed by atoms with Crippen LogP contribution in [0.25, 0.3) is 0 Å². The van der Waals surface area contributed by atoms with Crippen LogP contribution >= 0.6 is 11.8 Å². The van der Waals surface area contributed by atoms with E-state index in [-0.39, 0.29) is 5.82 Å². The number of rotatable bonds is 6. The summed E-state index contributed by atoms with van der Waals surface area (Å²) in [5.41, 5.74) is 0.827. The summed E-state index contributed by atoms with van der Waals surface area (Å²) in [6.07, 6.45) is 1.01. The minimum absolute atomic E-state index is 0.337. The third-order valence-corrected chi connectivity index (χ3v) is 3.77. The van der Waals surface area contributed by atoms with Crippen LogP contribution in [0, 0.1) is 17.5 Å². The molecule has 0 unspecified atom stereocenters. The highest BCUT2D eigenvalue weighted by Gasteiger charge is 2.06. The zero-order valence-electron chi connectivity index (χ0n) is 11.6. The lowest BCUT2D eigenvalue weighted by molar-refractivity contribution is 0.506. The van der Waals surface area contributed by atoms with Gasteiger partial charge in [-0.1, -0.05) is 18.7 Å². The van der Waals surface area contributed by atoms with Crippen molar-refractivity contribution >= 4 is 11.8 Å². The zero-order chi connectivity index (χ0) is 15.2. The molecule has 0 aliphatic rings. The number of halogens is 3. The lowest BCUT2D eigenvalue weighted by Crippen LogP contribution is -2.13. The average Bonchev–Trinajstić information content (AvgIpc) is 2.43. The lowest BCUT2D eigenvalue weighted by Gasteiger charge is -2.07.